The first-order chi connectivity index (χ1) is 13.4. The molecule has 4 nitrogen and oxygen atoms in total. The molecule has 1 N–H and O–H groups in total. The Hall–Kier alpha value is -2.11. The highest BCUT2D eigenvalue weighted by molar-refractivity contribution is 7.80. The fourth-order valence-electron chi connectivity index (χ4n) is 3.10. The third-order valence-corrected chi connectivity index (χ3v) is 5.90. The van der Waals surface area contributed by atoms with Crippen molar-refractivity contribution in [2.45, 2.75) is 26.7 Å². The molecule has 1 fully saturated rings. The summed E-state index contributed by atoms with van der Waals surface area (Å²) < 4.78 is 5.59. The second-order valence-corrected chi connectivity index (χ2v) is 8.09. The summed E-state index contributed by atoms with van der Waals surface area (Å²) in [5, 5.41) is 3.40. The maximum absolute atomic E-state index is 12.1. The van der Waals surface area contributed by atoms with Crippen LogP contribution in [0, 0.1) is 12.8 Å². The van der Waals surface area contributed by atoms with Crippen molar-refractivity contribution in [1.29, 1.82) is 0 Å². The fraction of sp³-hybridized carbons (Fsp3) is 0.364. The summed E-state index contributed by atoms with van der Waals surface area (Å²) >= 11 is 11.7. The lowest BCUT2D eigenvalue weighted by Crippen LogP contribution is -2.37. The van der Waals surface area contributed by atoms with Gasteiger partial charge in [0.2, 0.25) is 0 Å². The Balaban J connectivity index is 1.50. The number of benzene rings is 2. The van der Waals surface area contributed by atoms with Crippen LogP contribution in [0.4, 0.5) is 5.69 Å². The van der Waals surface area contributed by atoms with Gasteiger partial charge in [-0.2, -0.15) is 0 Å². The summed E-state index contributed by atoms with van der Waals surface area (Å²) in [7, 11) is 0. The van der Waals surface area contributed by atoms with Gasteiger partial charge in [-0.15, -0.1) is 0 Å². The minimum Gasteiger partial charge on any atom is -0.484 e. The van der Waals surface area contributed by atoms with E-state index in [2.05, 4.69) is 17.1 Å². The average Bonchev–Trinajstić information content (AvgIpc) is 2.70. The SMILES string of the molecule is Cc1ccc(NC(=O)COc2ccc(C(=S)N3CCC(C)CC3)cc2)cc1Cl. The van der Waals surface area contributed by atoms with Crippen LogP contribution in [-0.2, 0) is 4.79 Å². The monoisotopic (exact) mass is 416 g/mol. The summed E-state index contributed by atoms with van der Waals surface area (Å²) in [4.78, 5) is 15.2. The van der Waals surface area contributed by atoms with E-state index in [0.717, 1.165) is 35.1 Å². The molecule has 1 aliphatic heterocycles. The maximum atomic E-state index is 12.1. The standard InChI is InChI=1S/C22H25ClN2O2S/c1-15-9-11-25(12-10-15)22(28)17-4-7-19(8-5-17)27-14-21(26)24-18-6-3-16(2)20(23)13-18/h3-8,13,15H,9-12,14H2,1-2H3,(H,24,26). The number of rotatable bonds is 5. The van der Waals surface area contributed by atoms with Gasteiger partial charge in [0.25, 0.3) is 5.91 Å². The molecular weight excluding hydrogens is 392 g/mol. The number of hydrogen-bond acceptors (Lipinski definition) is 3. The van der Waals surface area contributed by atoms with Crippen molar-refractivity contribution >= 4 is 40.4 Å². The highest BCUT2D eigenvalue weighted by Gasteiger charge is 2.18. The summed E-state index contributed by atoms with van der Waals surface area (Å²) in [6, 6.07) is 13.0. The number of hydrogen-bond donors (Lipinski definition) is 1. The Bertz CT molecular complexity index is 846. The molecule has 6 heteroatoms. The quantitative estimate of drug-likeness (QED) is 0.690. The van der Waals surface area contributed by atoms with Crippen LogP contribution in [0.15, 0.2) is 42.5 Å². The van der Waals surface area contributed by atoms with Gasteiger partial charge in [-0.25, -0.2) is 0 Å². The van der Waals surface area contributed by atoms with E-state index in [0.29, 0.717) is 16.5 Å². The molecule has 0 atom stereocenters. The largest absolute Gasteiger partial charge is 0.484 e. The third-order valence-electron chi connectivity index (χ3n) is 5.00. The zero-order valence-electron chi connectivity index (χ0n) is 16.2. The second kappa shape index (κ2) is 9.39. The van der Waals surface area contributed by atoms with Gasteiger partial charge in [-0.1, -0.05) is 36.8 Å². The number of likely N-dealkylation sites (tertiary alicyclic amines) is 1. The predicted octanol–water partition coefficient (Wildman–Crippen LogP) is 5.07. The molecule has 0 radical (unpaired) electrons. The summed E-state index contributed by atoms with van der Waals surface area (Å²) in [6.07, 6.45) is 2.37. The molecule has 1 heterocycles. The van der Waals surface area contributed by atoms with Crippen molar-refractivity contribution in [3.63, 3.8) is 0 Å². The van der Waals surface area contributed by atoms with Gasteiger partial charge in [0.1, 0.15) is 10.7 Å². The lowest BCUT2D eigenvalue weighted by Gasteiger charge is -2.32. The van der Waals surface area contributed by atoms with Crippen LogP contribution in [0.3, 0.4) is 0 Å². The molecule has 0 bridgehead atoms. The Kier molecular flexibility index (Phi) is 6.92. The smallest absolute Gasteiger partial charge is 0.262 e. The van der Waals surface area contributed by atoms with Crippen molar-refractivity contribution in [2.75, 3.05) is 25.0 Å². The molecule has 1 saturated heterocycles. The highest BCUT2D eigenvalue weighted by Crippen LogP contribution is 2.21. The van der Waals surface area contributed by atoms with Crippen molar-refractivity contribution in [3.05, 3.63) is 58.6 Å². The fourth-order valence-corrected chi connectivity index (χ4v) is 3.60. The van der Waals surface area contributed by atoms with E-state index >= 15 is 0 Å². The van der Waals surface area contributed by atoms with E-state index in [1.54, 1.807) is 6.07 Å². The molecule has 1 amide bonds. The van der Waals surface area contributed by atoms with Crippen molar-refractivity contribution in [3.8, 4) is 5.75 Å². The number of carbonyl (C=O) groups is 1. The Morgan fingerprint density at radius 2 is 1.89 bits per heavy atom. The first-order valence-electron chi connectivity index (χ1n) is 9.50. The van der Waals surface area contributed by atoms with Crippen LogP contribution in [0.2, 0.25) is 5.02 Å². The van der Waals surface area contributed by atoms with Gasteiger partial charge in [0.15, 0.2) is 6.61 Å². The van der Waals surface area contributed by atoms with Gasteiger partial charge in [0.05, 0.1) is 0 Å². The van der Waals surface area contributed by atoms with E-state index in [4.69, 9.17) is 28.6 Å². The molecule has 0 aliphatic carbocycles. The van der Waals surface area contributed by atoms with Crippen LogP contribution in [-0.4, -0.2) is 35.5 Å². The Morgan fingerprint density at radius 3 is 2.54 bits per heavy atom. The number of halogens is 1. The van der Waals surface area contributed by atoms with E-state index in [1.807, 2.05) is 43.3 Å². The minimum atomic E-state index is -0.234. The average molecular weight is 417 g/mol. The van der Waals surface area contributed by atoms with Crippen LogP contribution >= 0.6 is 23.8 Å². The van der Waals surface area contributed by atoms with Gasteiger partial charge in [-0.3, -0.25) is 4.79 Å². The van der Waals surface area contributed by atoms with E-state index < -0.39 is 0 Å². The maximum Gasteiger partial charge on any atom is 0.262 e. The number of thiocarbonyl (C=S) groups is 1. The van der Waals surface area contributed by atoms with Crippen molar-refractivity contribution in [2.24, 2.45) is 5.92 Å². The van der Waals surface area contributed by atoms with E-state index in [-0.39, 0.29) is 12.5 Å². The summed E-state index contributed by atoms with van der Waals surface area (Å²) in [6.45, 7) is 6.16. The number of ether oxygens (including phenoxy) is 1. The molecule has 2 aromatic carbocycles. The lowest BCUT2D eigenvalue weighted by atomic mass is 9.99. The zero-order chi connectivity index (χ0) is 20.1. The van der Waals surface area contributed by atoms with E-state index in [9.17, 15) is 4.79 Å². The zero-order valence-corrected chi connectivity index (χ0v) is 17.8. The van der Waals surface area contributed by atoms with Crippen molar-refractivity contribution < 1.29 is 9.53 Å². The third kappa shape index (κ3) is 5.46. The first-order valence-corrected chi connectivity index (χ1v) is 10.3. The molecule has 0 aromatic heterocycles. The Labute approximate surface area is 176 Å². The van der Waals surface area contributed by atoms with Gasteiger partial charge >= 0.3 is 0 Å². The van der Waals surface area contributed by atoms with Crippen LogP contribution < -0.4 is 10.1 Å². The van der Waals surface area contributed by atoms with Crippen LogP contribution in [0.5, 0.6) is 5.75 Å². The lowest BCUT2D eigenvalue weighted by molar-refractivity contribution is -0.118. The summed E-state index contributed by atoms with van der Waals surface area (Å²) in [5.74, 6) is 1.18. The number of aryl methyl sites for hydroxylation is 1. The summed E-state index contributed by atoms with van der Waals surface area (Å²) in [5.41, 5.74) is 2.63. The van der Waals surface area contributed by atoms with Crippen LogP contribution in [0.25, 0.3) is 0 Å². The number of amides is 1. The van der Waals surface area contributed by atoms with Gasteiger partial charge in [-0.05, 0) is 67.6 Å². The molecule has 1 aliphatic rings. The normalized spacial score (nSPS) is 14.6. The molecule has 0 unspecified atom stereocenters. The Morgan fingerprint density at radius 1 is 1.21 bits per heavy atom. The highest BCUT2D eigenvalue weighted by atomic mass is 35.5. The van der Waals surface area contributed by atoms with Crippen LogP contribution in [0.1, 0.15) is 30.9 Å². The number of piperidine rings is 1. The number of anilines is 1. The minimum absolute atomic E-state index is 0.0701. The molecule has 28 heavy (non-hydrogen) atoms. The predicted molar refractivity (Wildman–Crippen MR) is 118 cm³/mol. The molecule has 0 spiro atoms. The first kappa shape index (κ1) is 20.6. The molecule has 148 valence electrons. The molecular formula is C22H25ClN2O2S. The molecule has 3 rings (SSSR count). The van der Waals surface area contributed by atoms with E-state index in [1.165, 1.54) is 12.8 Å². The molecule has 0 saturated carbocycles. The topological polar surface area (TPSA) is 41.6 Å². The number of nitrogens with zero attached hydrogens (tertiary/aromatic N) is 1. The number of nitrogens with one attached hydrogen (secondary N) is 1. The second-order valence-electron chi connectivity index (χ2n) is 7.30. The van der Waals surface area contributed by atoms with Gasteiger partial charge in [0, 0.05) is 29.4 Å². The van der Waals surface area contributed by atoms with Crippen molar-refractivity contribution in [1.82, 2.24) is 4.90 Å². The van der Waals surface area contributed by atoms with Gasteiger partial charge < -0.3 is 15.0 Å². The number of carbonyl (C=O) groups excluding carboxylic acids is 1. The molecule has 2 aromatic rings.